The van der Waals surface area contributed by atoms with Gasteiger partial charge in [-0.2, -0.15) is 0 Å². The van der Waals surface area contributed by atoms with Crippen molar-refractivity contribution in [3.8, 4) is 0 Å². The maximum Gasteiger partial charge on any atom is 0.212 e. The Labute approximate surface area is 115 Å². The fraction of sp³-hybridized carbons (Fsp3) is 1.00. The number of hydrogen-bond donors (Lipinski definition) is 2. The topological polar surface area (TPSA) is 101 Å². The normalized spacial score (nSPS) is 29.3. The Balaban J connectivity index is 2.47. The summed E-state index contributed by atoms with van der Waals surface area (Å²) in [7, 11) is -6.96. The van der Waals surface area contributed by atoms with Gasteiger partial charge in [0.25, 0.3) is 0 Å². The first-order valence-corrected chi connectivity index (χ1v) is 10.1. The van der Waals surface area contributed by atoms with Crippen molar-refractivity contribution < 1.29 is 21.9 Å². The van der Waals surface area contributed by atoms with Crippen molar-refractivity contribution in [3.05, 3.63) is 0 Å². The van der Waals surface area contributed by atoms with Crippen molar-refractivity contribution >= 4 is 19.9 Å². The minimum atomic E-state index is -3.65. The number of rotatable bonds is 6. The van der Waals surface area contributed by atoms with E-state index in [1.54, 1.807) is 0 Å². The molecule has 6 nitrogen and oxygen atoms in total. The minimum Gasteiger partial charge on any atom is -0.389 e. The summed E-state index contributed by atoms with van der Waals surface area (Å²) in [6.45, 7) is 2.07. The van der Waals surface area contributed by atoms with E-state index in [-0.39, 0.29) is 6.54 Å². The van der Waals surface area contributed by atoms with Gasteiger partial charge in [0.15, 0.2) is 0 Å². The van der Waals surface area contributed by atoms with Gasteiger partial charge in [0.05, 0.1) is 17.1 Å². The van der Waals surface area contributed by atoms with Crippen molar-refractivity contribution in [2.24, 2.45) is 5.92 Å². The summed E-state index contributed by atoms with van der Waals surface area (Å²) in [5.41, 5.74) is -0.995. The van der Waals surface area contributed by atoms with E-state index in [1.165, 1.54) is 0 Å². The fourth-order valence-electron chi connectivity index (χ4n) is 2.05. The molecule has 1 fully saturated rings. The van der Waals surface area contributed by atoms with Gasteiger partial charge in [-0.15, -0.1) is 0 Å². The summed E-state index contributed by atoms with van der Waals surface area (Å²) in [5, 5.41) is 10.2. The molecule has 1 rings (SSSR count). The molecular formula is C11H23NO5S2. The van der Waals surface area contributed by atoms with Gasteiger partial charge in [-0.3, -0.25) is 0 Å². The molecular weight excluding hydrogens is 290 g/mol. The van der Waals surface area contributed by atoms with Crippen molar-refractivity contribution in [1.82, 2.24) is 4.72 Å². The molecule has 0 spiro atoms. The average Bonchev–Trinajstić information content (AvgIpc) is 2.28. The highest BCUT2D eigenvalue weighted by Gasteiger charge is 2.32. The smallest absolute Gasteiger partial charge is 0.212 e. The highest BCUT2D eigenvalue weighted by molar-refractivity contribution is 7.93. The van der Waals surface area contributed by atoms with Gasteiger partial charge in [0, 0.05) is 12.8 Å². The third-order valence-corrected chi connectivity index (χ3v) is 6.08. The van der Waals surface area contributed by atoms with E-state index < -0.39 is 37.0 Å². The molecule has 0 atom stereocenters. The molecule has 1 aliphatic rings. The molecule has 1 aliphatic carbocycles. The SMILES string of the molecule is CC1CCC(O)(CNS(=O)(=O)CCS(C)(=O)=O)CC1. The second-order valence-corrected chi connectivity index (χ2v) is 9.86. The lowest BCUT2D eigenvalue weighted by molar-refractivity contribution is -0.00181. The van der Waals surface area contributed by atoms with E-state index in [2.05, 4.69) is 11.6 Å². The molecule has 0 radical (unpaired) electrons. The molecule has 114 valence electrons. The molecule has 1 saturated carbocycles. The van der Waals surface area contributed by atoms with Gasteiger partial charge in [-0.1, -0.05) is 6.92 Å². The van der Waals surface area contributed by atoms with Crippen LogP contribution in [0.15, 0.2) is 0 Å². The van der Waals surface area contributed by atoms with Crippen molar-refractivity contribution in [2.75, 3.05) is 24.3 Å². The Bertz CT molecular complexity index is 489. The van der Waals surface area contributed by atoms with Crippen LogP contribution in [0.5, 0.6) is 0 Å². The molecule has 0 amide bonds. The van der Waals surface area contributed by atoms with Crippen LogP contribution in [-0.4, -0.2) is 51.8 Å². The van der Waals surface area contributed by atoms with E-state index in [0.717, 1.165) is 19.1 Å². The summed E-state index contributed by atoms with van der Waals surface area (Å²) in [4.78, 5) is 0. The molecule has 0 aliphatic heterocycles. The Morgan fingerprint density at radius 2 is 1.68 bits per heavy atom. The quantitative estimate of drug-likeness (QED) is 0.713. The highest BCUT2D eigenvalue weighted by atomic mass is 32.2. The monoisotopic (exact) mass is 313 g/mol. The first-order chi connectivity index (χ1) is 8.52. The Morgan fingerprint density at radius 1 is 1.16 bits per heavy atom. The summed E-state index contributed by atoms with van der Waals surface area (Å²) >= 11 is 0. The van der Waals surface area contributed by atoms with Crippen molar-refractivity contribution in [1.29, 1.82) is 0 Å². The fourth-order valence-corrected chi connectivity index (χ4v) is 4.78. The predicted molar refractivity (Wildman–Crippen MR) is 74.1 cm³/mol. The molecule has 0 aromatic rings. The van der Waals surface area contributed by atoms with E-state index in [1.807, 2.05) is 0 Å². The van der Waals surface area contributed by atoms with Crippen LogP contribution in [-0.2, 0) is 19.9 Å². The Morgan fingerprint density at radius 3 is 2.16 bits per heavy atom. The number of hydrogen-bond acceptors (Lipinski definition) is 5. The molecule has 0 aromatic carbocycles. The number of sulfonamides is 1. The summed E-state index contributed by atoms with van der Waals surface area (Å²) < 4.78 is 47.5. The maximum atomic E-state index is 11.6. The third kappa shape index (κ3) is 6.69. The number of aliphatic hydroxyl groups is 1. The second kappa shape index (κ2) is 6.07. The molecule has 19 heavy (non-hydrogen) atoms. The standard InChI is InChI=1S/C11H23NO5S2/c1-10-3-5-11(13,6-4-10)9-12-19(16,17)8-7-18(2,14)15/h10,12-13H,3-9H2,1-2H3. The van der Waals surface area contributed by atoms with Crippen LogP contribution in [0.4, 0.5) is 0 Å². The van der Waals surface area contributed by atoms with E-state index in [4.69, 9.17) is 0 Å². The van der Waals surface area contributed by atoms with Crippen LogP contribution in [0.25, 0.3) is 0 Å². The van der Waals surface area contributed by atoms with E-state index in [9.17, 15) is 21.9 Å². The van der Waals surface area contributed by atoms with Gasteiger partial charge in [0.1, 0.15) is 9.84 Å². The first-order valence-electron chi connectivity index (χ1n) is 6.39. The number of nitrogens with one attached hydrogen (secondary N) is 1. The molecule has 8 heteroatoms. The van der Waals surface area contributed by atoms with Gasteiger partial charge < -0.3 is 5.11 Å². The van der Waals surface area contributed by atoms with Crippen LogP contribution in [0, 0.1) is 5.92 Å². The van der Waals surface area contributed by atoms with Crippen LogP contribution >= 0.6 is 0 Å². The summed E-state index contributed by atoms with van der Waals surface area (Å²) in [5.74, 6) is -0.307. The highest BCUT2D eigenvalue weighted by Crippen LogP contribution is 2.31. The van der Waals surface area contributed by atoms with Gasteiger partial charge in [0.2, 0.25) is 10.0 Å². The summed E-state index contributed by atoms with van der Waals surface area (Å²) in [6.07, 6.45) is 3.90. The summed E-state index contributed by atoms with van der Waals surface area (Å²) in [6, 6.07) is 0. The molecule has 2 N–H and O–H groups in total. The lowest BCUT2D eigenvalue weighted by atomic mass is 9.80. The zero-order valence-electron chi connectivity index (χ0n) is 11.4. The third-order valence-electron chi connectivity index (χ3n) is 3.55. The molecule has 0 unspecified atom stereocenters. The van der Waals surface area contributed by atoms with E-state index in [0.29, 0.717) is 18.8 Å². The lowest BCUT2D eigenvalue weighted by Crippen LogP contribution is -2.46. The lowest BCUT2D eigenvalue weighted by Gasteiger charge is -2.34. The first kappa shape index (κ1) is 16.9. The minimum absolute atomic E-state index is 0.0359. The van der Waals surface area contributed by atoms with Crippen LogP contribution in [0.1, 0.15) is 32.6 Å². The Hall–Kier alpha value is -0.180. The largest absolute Gasteiger partial charge is 0.389 e. The van der Waals surface area contributed by atoms with E-state index >= 15 is 0 Å². The Kier molecular flexibility index (Phi) is 5.39. The predicted octanol–water partition coefficient (Wildman–Crippen LogP) is -0.108. The van der Waals surface area contributed by atoms with Gasteiger partial charge >= 0.3 is 0 Å². The zero-order valence-corrected chi connectivity index (χ0v) is 13.1. The maximum absolute atomic E-state index is 11.6. The average molecular weight is 313 g/mol. The van der Waals surface area contributed by atoms with Crippen LogP contribution < -0.4 is 4.72 Å². The second-order valence-electron chi connectivity index (χ2n) is 5.68. The van der Waals surface area contributed by atoms with Crippen LogP contribution in [0.2, 0.25) is 0 Å². The molecule has 0 heterocycles. The zero-order chi connectivity index (χ0) is 14.7. The molecule has 0 aromatic heterocycles. The van der Waals surface area contributed by atoms with Gasteiger partial charge in [-0.25, -0.2) is 21.6 Å². The number of sulfone groups is 1. The van der Waals surface area contributed by atoms with Crippen molar-refractivity contribution in [2.45, 2.75) is 38.2 Å². The van der Waals surface area contributed by atoms with Crippen molar-refractivity contribution in [3.63, 3.8) is 0 Å². The molecule has 0 saturated heterocycles. The molecule has 0 bridgehead atoms. The van der Waals surface area contributed by atoms with Gasteiger partial charge in [-0.05, 0) is 31.6 Å². The van der Waals surface area contributed by atoms with Crippen LogP contribution in [0.3, 0.4) is 0 Å².